The number of benzene rings is 2. The van der Waals surface area contributed by atoms with Gasteiger partial charge >= 0.3 is 21.5 Å². The van der Waals surface area contributed by atoms with E-state index in [0.29, 0.717) is 12.1 Å². The first-order valence-corrected chi connectivity index (χ1v) is 10.5. The largest absolute Gasteiger partial charge is 0.504 e. The maximum atomic E-state index is 12.9. The molecule has 18 heteroatoms. The second-order valence-electron chi connectivity index (χ2n) is 6.08. The molecule has 0 saturated heterocycles. The van der Waals surface area contributed by atoms with E-state index >= 15 is 0 Å². The second kappa shape index (κ2) is 6.75. The van der Waals surface area contributed by atoms with Gasteiger partial charge in [0.05, 0.1) is 21.0 Å². The second-order valence-corrected chi connectivity index (χ2v) is 8.80. The first kappa shape index (κ1) is 22.7. The summed E-state index contributed by atoms with van der Waals surface area (Å²) in [7, 11) is -12.0. The third-order valence-electron chi connectivity index (χ3n) is 4.32. The summed E-state index contributed by atoms with van der Waals surface area (Å²) >= 11 is 0. The van der Waals surface area contributed by atoms with Gasteiger partial charge in [0.25, 0.3) is 10.1 Å². The molecule has 0 aliphatic heterocycles. The summed E-state index contributed by atoms with van der Waals surface area (Å²) in [4.78, 5) is 40.9. The van der Waals surface area contributed by atoms with E-state index in [4.69, 9.17) is 0 Å². The zero-order valence-corrected chi connectivity index (χ0v) is 16.4. The fraction of sp³-hybridized carbons (Fsp3) is 0. The smallest absolute Gasteiger partial charge is 0.369 e. The summed E-state index contributed by atoms with van der Waals surface area (Å²) in [5.41, 5.74) is -9.60. The van der Waals surface area contributed by atoms with Crippen molar-refractivity contribution in [2.45, 2.75) is 9.79 Å². The predicted molar refractivity (Wildman–Crippen MR) is 96.0 cm³/mol. The monoisotopic (exact) mass is 490 g/mol. The van der Waals surface area contributed by atoms with Crippen LogP contribution in [0.15, 0.2) is 21.9 Å². The van der Waals surface area contributed by atoms with Crippen molar-refractivity contribution in [2.24, 2.45) is 0 Å². The molecule has 0 aromatic heterocycles. The standard InChI is InChI=1S/C14H6N2O14S2/c17-4-2-1-3-5(11(4)19)12(20)6-7(10(3)18)13(31(25,26)27)14(32(28,29)30)9(16(23)24)8(6)15(21)22/h1-2,17,19H,(H,25,26,27)(H,28,29,30). The van der Waals surface area contributed by atoms with E-state index in [1.165, 1.54) is 0 Å². The van der Waals surface area contributed by atoms with Crippen molar-refractivity contribution in [3.05, 3.63) is 54.6 Å². The molecule has 32 heavy (non-hydrogen) atoms. The third-order valence-corrected chi connectivity index (χ3v) is 6.29. The van der Waals surface area contributed by atoms with Gasteiger partial charge in [-0.15, -0.1) is 0 Å². The number of fused-ring (bicyclic) bond motifs is 2. The van der Waals surface area contributed by atoms with Crippen LogP contribution in [0.5, 0.6) is 11.5 Å². The number of hydrogen-bond donors (Lipinski definition) is 4. The van der Waals surface area contributed by atoms with Crippen LogP contribution < -0.4 is 0 Å². The van der Waals surface area contributed by atoms with E-state index < -0.39 is 96.6 Å². The van der Waals surface area contributed by atoms with Crippen molar-refractivity contribution >= 4 is 43.2 Å². The number of aromatic hydroxyl groups is 2. The molecule has 4 N–H and O–H groups in total. The molecule has 0 amide bonds. The van der Waals surface area contributed by atoms with Gasteiger partial charge in [0, 0.05) is 5.56 Å². The van der Waals surface area contributed by atoms with Crippen LogP contribution in [0.4, 0.5) is 11.4 Å². The van der Waals surface area contributed by atoms with Crippen LogP contribution >= 0.6 is 0 Å². The number of nitro benzene ring substituents is 2. The fourth-order valence-electron chi connectivity index (χ4n) is 3.21. The Hall–Kier alpha value is -4.00. The van der Waals surface area contributed by atoms with Crippen LogP contribution in [0.25, 0.3) is 0 Å². The summed E-state index contributed by atoms with van der Waals surface area (Å²) in [6, 6.07) is 1.31. The number of carbonyl (C=O) groups is 2. The normalized spacial score (nSPS) is 13.4. The molecular formula is C14H6N2O14S2. The summed E-state index contributed by atoms with van der Waals surface area (Å²) in [5.74, 6) is -5.80. The summed E-state index contributed by atoms with van der Waals surface area (Å²) in [6.07, 6.45) is 0. The quantitative estimate of drug-likeness (QED) is 0.164. The van der Waals surface area contributed by atoms with E-state index in [1.807, 2.05) is 0 Å². The zero-order valence-electron chi connectivity index (χ0n) is 14.7. The third kappa shape index (κ3) is 3.05. The van der Waals surface area contributed by atoms with Gasteiger partial charge in [-0.25, -0.2) is 0 Å². The van der Waals surface area contributed by atoms with E-state index in [1.54, 1.807) is 0 Å². The molecule has 0 spiro atoms. The van der Waals surface area contributed by atoms with Crippen LogP contribution in [-0.4, -0.2) is 57.6 Å². The lowest BCUT2D eigenvalue weighted by molar-refractivity contribution is -0.424. The number of nitro groups is 2. The number of phenols is 2. The highest BCUT2D eigenvalue weighted by molar-refractivity contribution is 7.89. The predicted octanol–water partition coefficient (Wildman–Crippen LogP) is 0.183. The van der Waals surface area contributed by atoms with Gasteiger partial charge in [-0.3, -0.25) is 38.9 Å². The van der Waals surface area contributed by atoms with Gasteiger partial charge in [0.15, 0.2) is 17.3 Å². The highest BCUT2D eigenvalue weighted by atomic mass is 32.2. The molecule has 0 unspecified atom stereocenters. The average molecular weight is 490 g/mol. The highest BCUT2D eigenvalue weighted by Gasteiger charge is 2.52. The first-order valence-electron chi connectivity index (χ1n) is 7.63. The van der Waals surface area contributed by atoms with E-state index in [0.717, 1.165) is 0 Å². The van der Waals surface area contributed by atoms with Gasteiger partial charge in [-0.2, -0.15) is 16.8 Å². The summed E-state index contributed by atoms with van der Waals surface area (Å²) in [6.45, 7) is 0. The lowest BCUT2D eigenvalue weighted by Crippen LogP contribution is -2.28. The molecule has 0 saturated carbocycles. The SMILES string of the molecule is O=C1c2c(ccc(O)c2O)C(=O)c2c1c([N+](=O)[O-])c([N+](=O)[O-])c(S(=O)(=O)O)c2S(=O)(=O)O. The van der Waals surface area contributed by atoms with E-state index in [9.17, 15) is 66.0 Å². The Morgan fingerprint density at radius 1 is 0.719 bits per heavy atom. The Labute approximate surface area is 175 Å². The van der Waals surface area contributed by atoms with Gasteiger partial charge < -0.3 is 10.2 Å². The van der Waals surface area contributed by atoms with Crippen molar-refractivity contribution in [1.82, 2.24) is 0 Å². The molecule has 0 radical (unpaired) electrons. The van der Waals surface area contributed by atoms with Crippen molar-refractivity contribution in [3.63, 3.8) is 0 Å². The minimum Gasteiger partial charge on any atom is -0.504 e. The Bertz CT molecular complexity index is 1520. The molecule has 2 aromatic carbocycles. The molecule has 0 heterocycles. The molecule has 0 atom stereocenters. The lowest BCUT2D eigenvalue weighted by atomic mass is 9.82. The number of rotatable bonds is 4. The molecule has 168 valence electrons. The topological polar surface area (TPSA) is 270 Å². The zero-order chi connectivity index (χ0) is 24.5. The van der Waals surface area contributed by atoms with Crippen LogP contribution in [0.1, 0.15) is 31.8 Å². The van der Waals surface area contributed by atoms with Crippen LogP contribution in [0, 0.1) is 20.2 Å². The molecular weight excluding hydrogens is 484 g/mol. The molecule has 1 aliphatic carbocycles. The Balaban J connectivity index is 2.81. The van der Waals surface area contributed by atoms with E-state index in [-0.39, 0.29) is 0 Å². The number of carbonyl (C=O) groups excluding carboxylic acids is 2. The number of hydrogen-bond acceptors (Lipinski definition) is 12. The molecule has 16 nitrogen and oxygen atoms in total. The molecule has 1 aliphatic rings. The molecule has 0 bridgehead atoms. The minimum atomic E-state index is -6.05. The van der Waals surface area contributed by atoms with Crippen molar-refractivity contribution < 1.29 is 55.6 Å². The number of ketones is 2. The Kier molecular flexibility index (Phi) is 4.78. The van der Waals surface area contributed by atoms with Crippen molar-refractivity contribution in [3.8, 4) is 11.5 Å². The fourth-order valence-corrected chi connectivity index (χ4v) is 5.38. The molecule has 0 fully saturated rings. The highest BCUT2D eigenvalue weighted by Crippen LogP contribution is 2.49. The Morgan fingerprint density at radius 2 is 1.22 bits per heavy atom. The summed E-state index contributed by atoms with van der Waals surface area (Å²) < 4.78 is 66.4. The first-order chi connectivity index (χ1) is 14.5. The van der Waals surface area contributed by atoms with Crippen LogP contribution in [0.2, 0.25) is 0 Å². The molecule has 2 aromatic rings. The van der Waals surface area contributed by atoms with Crippen molar-refractivity contribution in [1.29, 1.82) is 0 Å². The van der Waals surface area contributed by atoms with Crippen molar-refractivity contribution in [2.75, 3.05) is 0 Å². The average Bonchev–Trinajstić information content (AvgIpc) is 2.64. The van der Waals surface area contributed by atoms with Gasteiger partial charge in [-0.1, -0.05) is 0 Å². The minimum absolute atomic E-state index is 0.654. The maximum Gasteiger partial charge on any atom is 0.369 e. The maximum absolute atomic E-state index is 12.9. The molecule has 3 rings (SSSR count). The van der Waals surface area contributed by atoms with Gasteiger partial charge in [-0.05, 0) is 12.1 Å². The number of nitrogens with zero attached hydrogens (tertiary/aromatic N) is 2. The van der Waals surface area contributed by atoms with Crippen LogP contribution in [0.3, 0.4) is 0 Å². The van der Waals surface area contributed by atoms with E-state index in [2.05, 4.69) is 0 Å². The lowest BCUT2D eigenvalue weighted by Gasteiger charge is -2.21. The van der Waals surface area contributed by atoms with Crippen LogP contribution in [-0.2, 0) is 20.2 Å². The van der Waals surface area contributed by atoms with Gasteiger partial charge in [0.1, 0.15) is 10.5 Å². The summed E-state index contributed by atoms with van der Waals surface area (Å²) in [5, 5.41) is 42.6. The number of phenolic OH excluding ortho intramolecular Hbond substituents is 2. The van der Waals surface area contributed by atoms with Gasteiger partial charge in [0.2, 0.25) is 10.7 Å². The Morgan fingerprint density at radius 3 is 1.66 bits per heavy atom.